The van der Waals surface area contributed by atoms with Crippen LogP contribution in [0.1, 0.15) is 30.5 Å². The van der Waals surface area contributed by atoms with E-state index in [1.54, 1.807) is 0 Å². The van der Waals surface area contributed by atoms with Crippen molar-refractivity contribution in [2.45, 2.75) is 32.1 Å². The summed E-state index contributed by atoms with van der Waals surface area (Å²) in [6.07, 6.45) is -1.72. The van der Waals surface area contributed by atoms with Crippen molar-refractivity contribution in [2.24, 2.45) is 0 Å². The van der Waals surface area contributed by atoms with Crippen molar-refractivity contribution in [3.63, 3.8) is 0 Å². The fraction of sp³-hybridized carbons (Fsp3) is 0.714. The molecule has 0 saturated heterocycles. The molecule has 0 amide bonds. The molecule has 10 heavy (non-hydrogen) atoms. The molecule has 0 fully saturated rings. The summed E-state index contributed by atoms with van der Waals surface area (Å²) in [6.45, 7) is 0.0852. The molecule has 0 spiro atoms. The smallest absolute Gasteiger partial charge is 0.138 e. The van der Waals surface area contributed by atoms with Gasteiger partial charge < -0.3 is 0 Å². The normalized spacial score (nSPS) is 34.0. The van der Waals surface area contributed by atoms with Gasteiger partial charge in [-0.1, -0.05) is 6.42 Å². The van der Waals surface area contributed by atoms with E-state index in [9.17, 15) is 0 Å². The highest BCUT2D eigenvalue weighted by atomic mass is 15.3. The van der Waals surface area contributed by atoms with Gasteiger partial charge in [-0.2, -0.15) is 5.10 Å². The molecule has 0 saturated carbocycles. The van der Waals surface area contributed by atoms with E-state index in [1.165, 1.54) is 11.0 Å². The first-order valence-corrected chi connectivity index (χ1v) is 3.25. The predicted molar refractivity (Wildman–Crippen MR) is 37.6 cm³/mol. The maximum atomic E-state index is 7.64. The Hall–Kier alpha value is -0.860. The second kappa shape index (κ2) is 2.40. The van der Waals surface area contributed by atoms with Gasteiger partial charge in [0.25, 0.3) is 0 Å². The minimum atomic E-state index is -1.55. The van der Waals surface area contributed by atoms with Gasteiger partial charge in [-0.15, -0.1) is 0 Å². The molecule has 0 N–H and O–H groups in total. The van der Waals surface area contributed by atoms with Gasteiger partial charge in [-0.3, -0.25) is 4.68 Å². The van der Waals surface area contributed by atoms with Gasteiger partial charge in [0, 0.05) is 18.4 Å². The number of rotatable bonds is 0. The molecule has 2 rings (SSSR count). The number of fused-ring (bicyclic) bond motifs is 1. The summed E-state index contributed by atoms with van der Waals surface area (Å²) in [5, 5.41) is 3.88. The molecule has 1 aromatic rings. The third-order valence-electron chi connectivity index (χ3n) is 1.49. The third-order valence-corrected chi connectivity index (χ3v) is 1.49. The van der Waals surface area contributed by atoms with Gasteiger partial charge in [-0.25, -0.2) is 4.98 Å². The molecule has 0 aromatic carbocycles. The highest BCUT2D eigenvalue weighted by Gasteiger charge is 2.06. The van der Waals surface area contributed by atoms with Gasteiger partial charge in [0.05, 0.1) is 0 Å². The van der Waals surface area contributed by atoms with Gasteiger partial charge in [-0.05, 0) is 12.7 Å². The van der Waals surface area contributed by atoms with Gasteiger partial charge in [0.1, 0.15) is 12.2 Å². The molecule has 1 aromatic heterocycles. The molecule has 0 atom stereocenters. The summed E-state index contributed by atoms with van der Waals surface area (Å²) >= 11 is 0. The Bertz CT molecular complexity index is 316. The summed E-state index contributed by atoms with van der Waals surface area (Å²) in [5.74, 6) is 0.524. The van der Waals surface area contributed by atoms with Crippen LogP contribution in [0.5, 0.6) is 0 Å². The van der Waals surface area contributed by atoms with Crippen LogP contribution in [0, 0.1) is 0 Å². The van der Waals surface area contributed by atoms with Crippen molar-refractivity contribution in [3.8, 4) is 0 Å². The second-order valence-electron chi connectivity index (χ2n) is 2.19. The van der Waals surface area contributed by atoms with Crippen LogP contribution in [-0.4, -0.2) is 14.8 Å². The van der Waals surface area contributed by atoms with Gasteiger partial charge in [0.2, 0.25) is 0 Å². The molecule has 54 valence electrons. The van der Waals surface area contributed by atoms with Crippen molar-refractivity contribution in [3.05, 3.63) is 12.2 Å². The molecular formula is C7H11N3. The van der Waals surface area contributed by atoms with E-state index < -0.39 is 12.7 Å². The lowest BCUT2D eigenvalue weighted by Crippen LogP contribution is -2.01. The van der Waals surface area contributed by atoms with Crippen LogP contribution in [0.4, 0.5) is 0 Å². The van der Waals surface area contributed by atoms with Crippen molar-refractivity contribution < 1.29 is 5.48 Å². The van der Waals surface area contributed by atoms with E-state index in [-0.39, 0.29) is 19.4 Å². The first kappa shape index (κ1) is 3.03. The molecule has 2 heterocycles. The maximum Gasteiger partial charge on any atom is 0.138 e. The second-order valence-corrected chi connectivity index (χ2v) is 2.19. The highest BCUT2D eigenvalue weighted by Crippen LogP contribution is 2.09. The lowest BCUT2D eigenvalue weighted by molar-refractivity contribution is 0.575. The minimum absolute atomic E-state index is 0.0852. The zero-order chi connectivity index (χ0) is 10.4. The Morgan fingerprint density at radius 1 is 1.60 bits per heavy atom. The molecule has 1 aliphatic rings. The maximum absolute atomic E-state index is 7.64. The molecule has 1 aliphatic heterocycles. The molecule has 0 bridgehead atoms. The average Bonchev–Trinajstić information content (AvgIpc) is 2.28. The Morgan fingerprint density at radius 3 is 3.60 bits per heavy atom. The summed E-state index contributed by atoms with van der Waals surface area (Å²) in [7, 11) is 0. The van der Waals surface area contributed by atoms with Crippen LogP contribution in [-0.2, 0) is 13.0 Å². The van der Waals surface area contributed by atoms with Crippen LogP contribution in [0.25, 0.3) is 0 Å². The summed E-state index contributed by atoms with van der Waals surface area (Å²) in [4.78, 5) is 3.92. The van der Waals surface area contributed by atoms with Crippen molar-refractivity contribution in [1.82, 2.24) is 14.8 Å². The number of aryl methyl sites for hydroxylation is 2. The van der Waals surface area contributed by atoms with Crippen LogP contribution in [0.2, 0.25) is 0 Å². The Balaban J connectivity index is 2.39. The summed E-state index contributed by atoms with van der Waals surface area (Å²) in [6, 6.07) is 0. The van der Waals surface area contributed by atoms with Crippen LogP contribution < -0.4 is 0 Å². The van der Waals surface area contributed by atoms with E-state index in [4.69, 9.17) is 5.48 Å². The molecule has 0 radical (unpaired) electrons. The molecule has 0 unspecified atom stereocenters. The van der Waals surface area contributed by atoms with Gasteiger partial charge in [0.15, 0.2) is 0 Å². The number of nitrogens with zero attached hydrogens (tertiary/aromatic N) is 3. The van der Waals surface area contributed by atoms with Crippen molar-refractivity contribution >= 4 is 0 Å². The Morgan fingerprint density at radius 2 is 2.60 bits per heavy atom. The summed E-state index contributed by atoms with van der Waals surface area (Å²) in [5.41, 5.74) is 0. The SMILES string of the molecule is [2H]C1([2H])Cc2ncnn2CC([2H])([2H])C1. The molecule has 0 aliphatic carbocycles. The Kier molecular flexibility index (Phi) is 0.728. The third kappa shape index (κ3) is 0.916. The van der Waals surface area contributed by atoms with E-state index in [0.717, 1.165) is 0 Å². The zero-order valence-electron chi connectivity index (χ0n) is 9.54. The quantitative estimate of drug-likeness (QED) is 0.539. The standard InChI is InChI=1S/C7H11N3/c1-2-4-7-8-6-9-10(7)5-3-1/h6H,1-5H2/i2D2,3D2. The van der Waals surface area contributed by atoms with Crippen LogP contribution in [0.15, 0.2) is 6.33 Å². The van der Waals surface area contributed by atoms with Crippen molar-refractivity contribution in [2.75, 3.05) is 0 Å². The van der Waals surface area contributed by atoms with E-state index in [1.807, 2.05) is 0 Å². The Labute approximate surface area is 65.7 Å². The number of hydrogen-bond acceptors (Lipinski definition) is 2. The van der Waals surface area contributed by atoms with E-state index in [2.05, 4.69) is 10.1 Å². The lowest BCUT2D eigenvalue weighted by atomic mass is 10.2. The highest BCUT2D eigenvalue weighted by molar-refractivity contribution is 4.86. The lowest BCUT2D eigenvalue weighted by Gasteiger charge is -1.96. The monoisotopic (exact) mass is 141 g/mol. The largest absolute Gasteiger partial charge is 0.250 e. The fourth-order valence-corrected chi connectivity index (χ4v) is 0.982. The first-order chi connectivity index (χ1) is 6.38. The zero-order valence-corrected chi connectivity index (χ0v) is 5.54. The van der Waals surface area contributed by atoms with E-state index in [0.29, 0.717) is 5.82 Å². The van der Waals surface area contributed by atoms with Crippen LogP contribution >= 0.6 is 0 Å². The first-order valence-electron chi connectivity index (χ1n) is 5.25. The fourth-order valence-electron chi connectivity index (χ4n) is 0.982. The van der Waals surface area contributed by atoms with E-state index >= 15 is 0 Å². The molecule has 3 heteroatoms. The van der Waals surface area contributed by atoms with Crippen LogP contribution in [0.3, 0.4) is 0 Å². The van der Waals surface area contributed by atoms with Gasteiger partial charge >= 0.3 is 0 Å². The average molecular weight is 141 g/mol. The molecule has 3 nitrogen and oxygen atoms in total. The minimum Gasteiger partial charge on any atom is -0.250 e. The topological polar surface area (TPSA) is 30.7 Å². The summed E-state index contributed by atoms with van der Waals surface area (Å²) < 4.78 is 32.0. The number of aromatic nitrogens is 3. The number of hydrogen-bond donors (Lipinski definition) is 0. The van der Waals surface area contributed by atoms with Crippen molar-refractivity contribution in [1.29, 1.82) is 0 Å². The predicted octanol–water partition coefficient (Wildman–Crippen LogP) is 1.00. The molecular weight excluding hydrogens is 126 g/mol.